The third-order valence-corrected chi connectivity index (χ3v) is 4.09. The van der Waals surface area contributed by atoms with Crippen LogP contribution in [0.1, 0.15) is 45.4 Å². The second-order valence-corrected chi connectivity index (χ2v) is 5.79. The molecule has 3 N–H and O–H groups in total. The summed E-state index contributed by atoms with van der Waals surface area (Å²) in [5.41, 5.74) is -0.484. The van der Waals surface area contributed by atoms with E-state index in [9.17, 15) is 14.7 Å². The van der Waals surface area contributed by atoms with E-state index < -0.39 is 11.6 Å². The summed E-state index contributed by atoms with van der Waals surface area (Å²) in [7, 11) is 0. The summed E-state index contributed by atoms with van der Waals surface area (Å²) in [5, 5.41) is 15.2. The third kappa shape index (κ3) is 2.83. The van der Waals surface area contributed by atoms with E-state index in [2.05, 4.69) is 17.6 Å². The first kappa shape index (κ1) is 13.3. The number of aliphatic hydroxyl groups is 1. The fourth-order valence-corrected chi connectivity index (χ4v) is 3.12. The van der Waals surface area contributed by atoms with Crippen molar-refractivity contribution in [2.75, 3.05) is 6.61 Å². The summed E-state index contributed by atoms with van der Waals surface area (Å²) in [6.45, 7) is 2.12. The molecule has 0 bridgehead atoms. The zero-order valence-electron chi connectivity index (χ0n) is 10.9. The maximum absolute atomic E-state index is 12.1. The Morgan fingerprint density at radius 1 is 1.56 bits per heavy atom. The average molecular weight is 254 g/mol. The van der Waals surface area contributed by atoms with E-state index in [1.54, 1.807) is 0 Å². The van der Waals surface area contributed by atoms with Crippen LogP contribution in [0.4, 0.5) is 0 Å². The molecule has 2 unspecified atom stereocenters. The van der Waals surface area contributed by atoms with Gasteiger partial charge in [0.25, 0.3) is 0 Å². The summed E-state index contributed by atoms with van der Waals surface area (Å²) in [6.07, 6.45) is 4.79. The zero-order chi connectivity index (χ0) is 13.2. The highest BCUT2D eigenvalue weighted by Gasteiger charge is 2.38. The van der Waals surface area contributed by atoms with Crippen LogP contribution in [0.3, 0.4) is 0 Å². The molecule has 0 spiro atoms. The summed E-state index contributed by atoms with van der Waals surface area (Å²) >= 11 is 0. The molecule has 2 aliphatic rings. The summed E-state index contributed by atoms with van der Waals surface area (Å²) < 4.78 is 0. The van der Waals surface area contributed by atoms with E-state index in [-0.39, 0.29) is 18.4 Å². The van der Waals surface area contributed by atoms with Crippen molar-refractivity contribution in [1.82, 2.24) is 10.6 Å². The Morgan fingerprint density at radius 2 is 2.33 bits per heavy atom. The molecular formula is C13H22N2O3. The second kappa shape index (κ2) is 5.26. The molecule has 2 rings (SSSR count). The number of aliphatic hydroxyl groups excluding tert-OH is 1. The van der Waals surface area contributed by atoms with Gasteiger partial charge in [-0.2, -0.15) is 0 Å². The number of rotatable bonds is 3. The molecule has 1 aliphatic carbocycles. The number of carbonyl (C=O) groups excluding carboxylic acids is 2. The largest absolute Gasteiger partial charge is 0.394 e. The standard InChI is InChI=1S/C13H22N2O3/c1-9-3-2-6-13(7-9,8-16)15-12(18)10-4-5-11(17)14-10/h9-10,16H,2-8H2,1H3,(H,14,17)(H,15,18)/t9?,10-,13?/m0/s1. The van der Waals surface area contributed by atoms with Crippen molar-refractivity contribution < 1.29 is 14.7 Å². The normalized spacial score (nSPS) is 36.2. The van der Waals surface area contributed by atoms with Crippen molar-refractivity contribution >= 4 is 11.8 Å². The van der Waals surface area contributed by atoms with Gasteiger partial charge < -0.3 is 15.7 Å². The second-order valence-electron chi connectivity index (χ2n) is 5.79. The number of hydrogen-bond donors (Lipinski definition) is 3. The molecule has 5 nitrogen and oxygen atoms in total. The van der Waals surface area contributed by atoms with Gasteiger partial charge in [0.2, 0.25) is 11.8 Å². The van der Waals surface area contributed by atoms with E-state index in [1.807, 2.05) is 0 Å². The molecule has 1 heterocycles. The van der Waals surface area contributed by atoms with Crippen LogP contribution >= 0.6 is 0 Å². The van der Waals surface area contributed by atoms with Crippen LogP contribution < -0.4 is 10.6 Å². The number of nitrogens with one attached hydrogen (secondary N) is 2. The van der Waals surface area contributed by atoms with Crippen LogP contribution in [0.5, 0.6) is 0 Å². The van der Waals surface area contributed by atoms with E-state index in [0.29, 0.717) is 18.8 Å². The molecule has 1 saturated heterocycles. The highest BCUT2D eigenvalue weighted by molar-refractivity contribution is 5.91. The Labute approximate surface area is 107 Å². The molecular weight excluding hydrogens is 232 g/mol. The van der Waals surface area contributed by atoms with Crippen LogP contribution in [0.15, 0.2) is 0 Å². The van der Waals surface area contributed by atoms with Gasteiger partial charge in [0.05, 0.1) is 12.1 Å². The predicted molar refractivity (Wildman–Crippen MR) is 66.8 cm³/mol. The van der Waals surface area contributed by atoms with Gasteiger partial charge >= 0.3 is 0 Å². The Kier molecular flexibility index (Phi) is 3.90. The van der Waals surface area contributed by atoms with Crippen LogP contribution in [0.2, 0.25) is 0 Å². The lowest BCUT2D eigenvalue weighted by Crippen LogP contribution is -2.57. The smallest absolute Gasteiger partial charge is 0.243 e. The van der Waals surface area contributed by atoms with Crippen molar-refractivity contribution in [3.63, 3.8) is 0 Å². The molecule has 1 aliphatic heterocycles. The molecule has 0 aromatic carbocycles. The maximum Gasteiger partial charge on any atom is 0.243 e. The molecule has 18 heavy (non-hydrogen) atoms. The van der Waals surface area contributed by atoms with Crippen molar-refractivity contribution in [3.8, 4) is 0 Å². The first-order chi connectivity index (χ1) is 8.54. The van der Waals surface area contributed by atoms with Gasteiger partial charge in [-0.15, -0.1) is 0 Å². The summed E-state index contributed by atoms with van der Waals surface area (Å²) in [4.78, 5) is 23.2. The molecule has 3 atom stereocenters. The van der Waals surface area contributed by atoms with Gasteiger partial charge in [0.15, 0.2) is 0 Å². The van der Waals surface area contributed by atoms with Gasteiger partial charge in [0.1, 0.15) is 6.04 Å². The van der Waals surface area contributed by atoms with Crippen LogP contribution in [-0.4, -0.2) is 35.1 Å². The molecule has 5 heteroatoms. The summed E-state index contributed by atoms with van der Waals surface area (Å²) in [5.74, 6) is 0.304. The Hall–Kier alpha value is -1.10. The maximum atomic E-state index is 12.1. The lowest BCUT2D eigenvalue weighted by atomic mass is 9.76. The highest BCUT2D eigenvalue weighted by atomic mass is 16.3. The van der Waals surface area contributed by atoms with Crippen LogP contribution in [0, 0.1) is 5.92 Å². The number of hydrogen-bond acceptors (Lipinski definition) is 3. The third-order valence-electron chi connectivity index (χ3n) is 4.09. The molecule has 0 aromatic rings. The Morgan fingerprint density at radius 3 is 2.89 bits per heavy atom. The van der Waals surface area contributed by atoms with E-state index in [4.69, 9.17) is 0 Å². The fraction of sp³-hybridized carbons (Fsp3) is 0.846. The van der Waals surface area contributed by atoms with Crippen molar-refractivity contribution in [2.45, 2.75) is 57.0 Å². The molecule has 1 saturated carbocycles. The SMILES string of the molecule is CC1CCCC(CO)(NC(=O)[C@@H]2CCC(=O)N2)C1. The average Bonchev–Trinajstić information content (AvgIpc) is 2.76. The molecule has 0 radical (unpaired) electrons. The first-order valence-electron chi connectivity index (χ1n) is 6.77. The van der Waals surface area contributed by atoms with Crippen molar-refractivity contribution in [1.29, 1.82) is 0 Å². The number of amides is 2. The molecule has 2 amide bonds. The lowest BCUT2D eigenvalue weighted by molar-refractivity contribution is -0.128. The Bertz CT molecular complexity index is 345. The topological polar surface area (TPSA) is 78.4 Å². The van der Waals surface area contributed by atoms with Gasteiger partial charge in [-0.1, -0.05) is 19.8 Å². The molecule has 0 aromatic heterocycles. The lowest BCUT2D eigenvalue weighted by Gasteiger charge is -2.40. The zero-order valence-corrected chi connectivity index (χ0v) is 10.9. The van der Waals surface area contributed by atoms with E-state index >= 15 is 0 Å². The van der Waals surface area contributed by atoms with E-state index in [0.717, 1.165) is 25.7 Å². The van der Waals surface area contributed by atoms with Crippen molar-refractivity contribution in [3.05, 3.63) is 0 Å². The van der Waals surface area contributed by atoms with Crippen molar-refractivity contribution in [2.24, 2.45) is 5.92 Å². The fourth-order valence-electron chi connectivity index (χ4n) is 3.12. The minimum absolute atomic E-state index is 0.0241. The summed E-state index contributed by atoms with van der Waals surface area (Å²) in [6, 6.07) is -0.418. The van der Waals surface area contributed by atoms with Gasteiger partial charge in [0, 0.05) is 6.42 Å². The highest BCUT2D eigenvalue weighted by Crippen LogP contribution is 2.32. The first-order valence-corrected chi connectivity index (χ1v) is 6.77. The van der Waals surface area contributed by atoms with Gasteiger partial charge in [-0.25, -0.2) is 0 Å². The molecule has 2 fully saturated rings. The van der Waals surface area contributed by atoms with Crippen LogP contribution in [-0.2, 0) is 9.59 Å². The Balaban J connectivity index is 1.97. The number of carbonyl (C=O) groups is 2. The molecule has 102 valence electrons. The van der Waals surface area contributed by atoms with Crippen LogP contribution in [0.25, 0.3) is 0 Å². The monoisotopic (exact) mass is 254 g/mol. The van der Waals surface area contributed by atoms with Gasteiger partial charge in [-0.3, -0.25) is 9.59 Å². The van der Waals surface area contributed by atoms with Gasteiger partial charge in [-0.05, 0) is 25.2 Å². The minimum Gasteiger partial charge on any atom is -0.394 e. The minimum atomic E-state index is -0.484. The van der Waals surface area contributed by atoms with E-state index in [1.165, 1.54) is 0 Å². The quantitative estimate of drug-likeness (QED) is 0.679. The predicted octanol–water partition coefficient (Wildman–Crippen LogP) is 0.322.